The van der Waals surface area contributed by atoms with Crippen LogP contribution in [0.3, 0.4) is 0 Å². The summed E-state index contributed by atoms with van der Waals surface area (Å²) in [6.45, 7) is 3.51. The maximum absolute atomic E-state index is 3.98. The van der Waals surface area contributed by atoms with E-state index in [1.807, 2.05) is 0 Å². The molecule has 0 radical (unpaired) electrons. The third-order valence-electron chi connectivity index (χ3n) is 2.66. The molecule has 1 heteroatoms. The van der Waals surface area contributed by atoms with Crippen LogP contribution in [0.15, 0.2) is 0 Å². The Labute approximate surface area is 57.6 Å². The quantitative estimate of drug-likeness (QED) is 0.549. The molecule has 0 heterocycles. The first-order valence-corrected chi connectivity index (χ1v) is 4.06. The minimum Gasteiger partial charge on any atom is -0.357 e. The first kappa shape index (κ1) is 7.07. The third kappa shape index (κ3) is 1.68. The SMILES string of the molecule is CC1(C[NH3+])CCCCC1. The molecule has 0 saturated heterocycles. The van der Waals surface area contributed by atoms with Crippen molar-refractivity contribution in [1.82, 2.24) is 0 Å². The summed E-state index contributed by atoms with van der Waals surface area (Å²) < 4.78 is 0. The van der Waals surface area contributed by atoms with Gasteiger partial charge in [0.05, 0.1) is 6.54 Å². The van der Waals surface area contributed by atoms with E-state index in [-0.39, 0.29) is 0 Å². The molecule has 9 heavy (non-hydrogen) atoms. The highest BCUT2D eigenvalue weighted by Crippen LogP contribution is 2.33. The normalized spacial score (nSPS) is 26.0. The zero-order valence-electron chi connectivity index (χ0n) is 6.45. The molecule has 54 valence electrons. The summed E-state index contributed by atoms with van der Waals surface area (Å²) >= 11 is 0. The predicted octanol–water partition coefficient (Wildman–Crippen LogP) is 1.20. The fraction of sp³-hybridized carbons (Fsp3) is 1.00. The van der Waals surface area contributed by atoms with Gasteiger partial charge in [0.2, 0.25) is 0 Å². The molecule has 0 unspecified atom stereocenters. The Morgan fingerprint density at radius 3 is 2.11 bits per heavy atom. The second-order valence-electron chi connectivity index (χ2n) is 3.62. The topological polar surface area (TPSA) is 27.6 Å². The van der Waals surface area contributed by atoms with Crippen molar-refractivity contribution >= 4 is 0 Å². The van der Waals surface area contributed by atoms with Gasteiger partial charge in [0.1, 0.15) is 0 Å². The van der Waals surface area contributed by atoms with Crippen LogP contribution < -0.4 is 5.73 Å². The van der Waals surface area contributed by atoms with E-state index in [1.165, 1.54) is 32.1 Å². The molecule has 1 aliphatic rings. The first-order chi connectivity index (χ1) is 4.27. The summed E-state index contributed by atoms with van der Waals surface area (Å²) in [6.07, 6.45) is 7.15. The molecule has 1 nitrogen and oxygen atoms in total. The van der Waals surface area contributed by atoms with Crippen molar-refractivity contribution < 1.29 is 5.73 Å². The van der Waals surface area contributed by atoms with Crippen molar-refractivity contribution in [3.63, 3.8) is 0 Å². The summed E-state index contributed by atoms with van der Waals surface area (Å²) in [7, 11) is 0. The molecule has 1 fully saturated rings. The van der Waals surface area contributed by atoms with Gasteiger partial charge in [-0.15, -0.1) is 0 Å². The van der Waals surface area contributed by atoms with Crippen molar-refractivity contribution in [2.24, 2.45) is 5.41 Å². The van der Waals surface area contributed by atoms with Gasteiger partial charge < -0.3 is 5.73 Å². The number of quaternary nitrogens is 1. The van der Waals surface area contributed by atoms with Crippen LogP contribution in [-0.2, 0) is 0 Å². The van der Waals surface area contributed by atoms with Crippen LogP contribution in [0.2, 0.25) is 0 Å². The molecule has 0 aromatic rings. The van der Waals surface area contributed by atoms with Gasteiger partial charge in [-0.1, -0.05) is 26.2 Å². The van der Waals surface area contributed by atoms with Gasteiger partial charge in [0.25, 0.3) is 0 Å². The predicted molar refractivity (Wildman–Crippen MR) is 38.9 cm³/mol. The molecular formula is C8H18N+. The molecule has 3 N–H and O–H groups in total. The number of hydrogen-bond donors (Lipinski definition) is 1. The zero-order valence-corrected chi connectivity index (χ0v) is 6.45. The van der Waals surface area contributed by atoms with Crippen molar-refractivity contribution in [3.8, 4) is 0 Å². The van der Waals surface area contributed by atoms with Crippen LogP contribution in [-0.4, -0.2) is 6.54 Å². The standard InChI is InChI=1S/C8H17N/c1-8(7-9)5-3-2-4-6-8/h2-7,9H2,1H3/p+1. The Balaban J connectivity index is 2.37. The smallest absolute Gasteiger partial charge is 0.0794 e. The van der Waals surface area contributed by atoms with Crippen LogP contribution in [0.1, 0.15) is 39.0 Å². The van der Waals surface area contributed by atoms with Gasteiger partial charge in [0, 0.05) is 5.41 Å². The average Bonchev–Trinajstić information content (AvgIpc) is 1.90. The van der Waals surface area contributed by atoms with Gasteiger partial charge in [0.15, 0.2) is 0 Å². The monoisotopic (exact) mass is 128 g/mol. The largest absolute Gasteiger partial charge is 0.357 e. The van der Waals surface area contributed by atoms with Crippen LogP contribution >= 0.6 is 0 Å². The molecule has 0 amide bonds. The lowest BCUT2D eigenvalue weighted by atomic mass is 9.76. The molecule has 1 saturated carbocycles. The summed E-state index contributed by atoms with van der Waals surface area (Å²) in [4.78, 5) is 0. The molecular weight excluding hydrogens is 110 g/mol. The Kier molecular flexibility index (Phi) is 2.12. The van der Waals surface area contributed by atoms with Crippen molar-refractivity contribution in [2.75, 3.05) is 6.54 Å². The van der Waals surface area contributed by atoms with Crippen LogP contribution in [0, 0.1) is 5.41 Å². The van der Waals surface area contributed by atoms with Gasteiger partial charge in [-0.2, -0.15) is 0 Å². The second kappa shape index (κ2) is 2.70. The van der Waals surface area contributed by atoms with Gasteiger partial charge in [-0.25, -0.2) is 0 Å². The Morgan fingerprint density at radius 2 is 1.78 bits per heavy atom. The third-order valence-corrected chi connectivity index (χ3v) is 2.66. The maximum atomic E-state index is 3.98. The number of rotatable bonds is 1. The van der Waals surface area contributed by atoms with E-state index in [2.05, 4.69) is 12.7 Å². The number of hydrogen-bond acceptors (Lipinski definition) is 0. The van der Waals surface area contributed by atoms with Gasteiger partial charge in [-0.3, -0.25) is 0 Å². The van der Waals surface area contributed by atoms with E-state index in [1.54, 1.807) is 0 Å². The highest BCUT2D eigenvalue weighted by atomic mass is 14.6. The maximum Gasteiger partial charge on any atom is 0.0794 e. The van der Waals surface area contributed by atoms with Crippen LogP contribution in [0.5, 0.6) is 0 Å². The van der Waals surface area contributed by atoms with E-state index in [0.29, 0.717) is 5.41 Å². The lowest BCUT2D eigenvalue weighted by molar-refractivity contribution is -0.393. The minimum atomic E-state index is 0.609. The summed E-state index contributed by atoms with van der Waals surface area (Å²) in [5.74, 6) is 0. The molecule has 1 rings (SSSR count). The Bertz CT molecular complexity index is 82.6. The average molecular weight is 128 g/mol. The van der Waals surface area contributed by atoms with Crippen molar-refractivity contribution in [1.29, 1.82) is 0 Å². The second-order valence-corrected chi connectivity index (χ2v) is 3.62. The molecule has 0 aliphatic heterocycles. The van der Waals surface area contributed by atoms with E-state index in [4.69, 9.17) is 0 Å². The lowest BCUT2D eigenvalue weighted by Gasteiger charge is -2.29. The van der Waals surface area contributed by atoms with E-state index in [0.717, 1.165) is 6.54 Å². The minimum absolute atomic E-state index is 0.609. The van der Waals surface area contributed by atoms with Crippen molar-refractivity contribution in [2.45, 2.75) is 39.0 Å². The van der Waals surface area contributed by atoms with E-state index < -0.39 is 0 Å². The summed E-state index contributed by atoms with van der Waals surface area (Å²) in [5.41, 5.74) is 4.59. The van der Waals surface area contributed by atoms with E-state index >= 15 is 0 Å². The van der Waals surface area contributed by atoms with E-state index in [9.17, 15) is 0 Å². The Morgan fingerprint density at radius 1 is 1.22 bits per heavy atom. The van der Waals surface area contributed by atoms with Gasteiger partial charge in [-0.05, 0) is 12.8 Å². The van der Waals surface area contributed by atoms with Crippen molar-refractivity contribution in [3.05, 3.63) is 0 Å². The van der Waals surface area contributed by atoms with Gasteiger partial charge >= 0.3 is 0 Å². The molecule has 0 spiro atoms. The molecule has 0 atom stereocenters. The Hall–Kier alpha value is -0.0400. The fourth-order valence-electron chi connectivity index (χ4n) is 1.66. The molecule has 0 aromatic carbocycles. The molecule has 1 aliphatic carbocycles. The highest BCUT2D eigenvalue weighted by Gasteiger charge is 2.26. The zero-order chi connectivity index (χ0) is 6.74. The van der Waals surface area contributed by atoms with Crippen LogP contribution in [0.25, 0.3) is 0 Å². The van der Waals surface area contributed by atoms with Crippen LogP contribution in [0.4, 0.5) is 0 Å². The molecule has 0 bridgehead atoms. The summed E-state index contributed by atoms with van der Waals surface area (Å²) in [5, 5.41) is 0. The highest BCUT2D eigenvalue weighted by molar-refractivity contribution is 4.76. The molecule has 0 aromatic heterocycles. The lowest BCUT2D eigenvalue weighted by Crippen LogP contribution is -2.57. The fourth-order valence-corrected chi connectivity index (χ4v) is 1.66. The first-order valence-electron chi connectivity index (χ1n) is 4.06. The summed E-state index contributed by atoms with van der Waals surface area (Å²) in [6, 6.07) is 0.